The predicted octanol–water partition coefficient (Wildman–Crippen LogP) is 3.04. The molecule has 0 saturated carbocycles. The first-order valence-electron chi connectivity index (χ1n) is 5.47. The maximum Gasteiger partial charge on any atom is 0.117 e. The van der Waals surface area contributed by atoms with E-state index in [1.165, 1.54) is 5.56 Å². The molecule has 0 bridgehead atoms. The van der Waals surface area contributed by atoms with Gasteiger partial charge in [-0.05, 0) is 36.8 Å². The molecule has 84 valence electrons. The van der Waals surface area contributed by atoms with Gasteiger partial charge in [-0.15, -0.1) is 0 Å². The highest BCUT2D eigenvalue weighted by atomic mass is 16.3. The van der Waals surface area contributed by atoms with E-state index in [4.69, 9.17) is 0 Å². The van der Waals surface area contributed by atoms with Crippen LogP contribution in [-0.2, 0) is 0 Å². The minimum atomic E-state index is 0.261. The third kappa shape index (κ3) is 1.65. The van der Waals surface area contributed by atoms with Gasteiger partial charge in [0, 0.05) is 6.07 Å². The molecule has 3 rings (SSSR count). The number of hydrogen-bond donors (Lipinski definition) is 1. The third-order valence-electron chi connectivity index (χ3n) is 2.81. The monoisotopic (exact) mass is 224 g/mol. The minimum Gasteiger partial charge on any atom is -0.508 e. The molecule has 3 aromatic rings. The van der Waals surface area contributed by atoms with Crippen LogP contribution in [0.3, 0.4) is 0 Å². The van der Waals surface area contributed by atoms with E-state index in [0.717, 1.165) is 16.7 Å². The average molecular weight is 224 g/mol. The summed E-state index contributed by atoms with van der Waals surface area (Å²) in [5.41, 5.74) is 4.12. The first kappa shape index (κ1) is 9.90. The van der Waals surface area contributed by atoms with Gasteiger partial charge >= 0.3 is 0 Å². The number of hydrogen-bond acceptors (Lipinski definition) is 2. The van der Waals surface area contributed by atoms with Crippen LogP contribution in [0.25, 0.3) is 16.7 Å². The number of aromatic hydroxyl groups is 1. The Bertz CT molecular complexity index is 686. The van der Waals surface area contributed by atoms with Crippen LogP contribution in [0.15, 0.2) is 48.8 Å². The van der Waals surface area contributed by atoms with Gasteiger partial charge in [-0.2, -0.15) is 0 Å². The zero-order chi connectivity index (χ0) is 11.8. The van der Waals surface area contributed by atoms with Crippen LogP contribution in [0.2, 0.25) is 0 Å². The Kier molecular flexibility index (Phi) is 2.11. The van der Waals surface area contributed by atoms with Gasteiger partial charge in [-0.25, -0.2) is 4.98 Å². The lowest BCUT2D eigenvalue weighted by atomic mass is 10.2. The molecule has 1 aromatic heterocycles. The number of fused-ring (bicyclic) bond motifs is 1. The highest BCUT2D eigenvalue weighted by Gasteiger charge is 2.04. The van der Waals surface area contributed by atoms with Gasteiger partial charge in [0.25, 0.3) is 0 Å². The van der Waals surface area contributed by atoms with Crippen LogP contribution < -0.4 is 0 Å². The van der Waals surface area contributed by atoms with Gasteiger partial charge in [0.2, 0.25) is 0 Å². The lowest BCUT2D eigenvalue weighted by molar-refractivity contribution is 0.475. The summed E-state index contributed by atoms with van der Waals surface area (Å²) in [7, 11) is 0. The molecule has 0 aliphatic carbocycles. The van der Waals surface area contributed by atoms with Crippen molar-refractivity contribution in [3.63, 3.8) is 0 Å². The van der Waals surface area contributed by atoms with Gasteiger partial charge in [-0.3, -0.25) is 4.57 Å². The van der Waals surface area contributed by atoms with Crippen molar-refractivity contribution in [2.24, 2.45) is 0 Å². The quantitative estimate of drug-likeness (QED) is 0.690. The molecular formula is C14H12N2O. The number of nitrogens with zero attached hydrogens (tertiary/aromatic N) is 2. The molecule has 1 N–H and O–H groups in total. The SMILES string of the molecule is Cc1ccc2c(c1)ncn2-c1cccc(O)c1. The zero-order valence-electron chi connectivity index (χ0n) is 9.46. The van der Waals surface area contributed by atoms with E-state index in [0.29, 0.717) is 0 Å². The number of phenols is 1. The molecule has 0 amide bonds. The standard InChI is InChI=1S/C14H12N2O/c1-10-5-6-14-13(7-10)15-9-16(14)11-3-2-4-12(17)8-11/h2-9,17H,1H3. The van der Waals surface area contributed by atoms with Gasteiger partial charge < -0.3 is 5.11 Å². The summed E-state index contributed by atoms with van der Waals surface area (Å²) in [6, 6.07) is 13.3. The van der Waals surface area contributed by atoms with E-state index in [1.54, 1.807) is 18.5 Å². The third-order valence-corrected chi connectivity index (χ3v) is 2.81. The average Bonchev–Trinajstić information content (AvgIpc) is 2.71. The van der Waals surface area contributed by atoms with Crippen molar-refractivity contribution in [3.05, 3.63) is 54.4 Å². The number of imidazole rings is 1. The number of aromatic nitrogens is 2. The van der Waals surface area contributed by atoms with Crippen molar-refractivity contribution in [2.45, 2.75) is 6.92 Å². The smallest absolute Gasteiger partial charge is 0.117 e. The first-order chi connectivity index (χ1) is 8.24. The maximum atomic E-state index is 9.49. The number of benzene rings is 2. The number of phenolic OH excluding ortho intramolecular Hbond substituents is 1. The zero-order valence-corrected chi connectivity index (χ0v) is 9.46. The highest BCUT2D eigenvalue weighted by molar-refractivity contribution is 5.78. The maximum absolute atomic E-state index is 9.49. The molecule has 0 spiro atoms. The molecular weight excluding hydrogens is 212 g/mol. The Morgan fingerprint density at radius 3 is 2.82 bits per heavy atom. The Labute approximate surface area is 99.0 Å². The van der Waals surface area contributed by atoms with Crippen LogP contribution in [0.4, 0.5) is 0 Å². The molecule has 0 fully saturated rings. The van der Waals surface area contributed by atoms with Gasteiger partial charge in [0.05, 0.1) is 16.7 Å². The molecule has 3 nitrogen and oxygen atoms in total. The normalized spacial score (nSPS) is 10.9. The van der Waals surface area contributed by atoms with Crippen LogP contribution in [0, 0.1) is 6.92 Å². The van der Waals surface area contributed by atoms with E-state index in [-0.39, 0.29) is 5.75 Å². The van der Waals surface area contributed by atoms with Gasteiger partial charge in [0.15, 0.2) is 0 Å². The number of rotatable bonds is 1. The molecule has 17 heavy (non-hydrogen) atoms. The van der Waals surface area contributed by atoms with Crippen molar-refractivity contribution < 1.29 is 5.11 Å². The van der Waals surface area contributed by atoms with Crippen molar-refractivity contribution in [1.29, 1.82) is 0 Å². The number of aryl methyl sites for hydroxylation is 1. The molecule has 0 atom stereocenters. The Morgan fingerprint density at radius 1 is 1.12 bits per heavy atom. The summed E-state index contributed by atoms with van der Waals surface area (Å²) in [4.78, 5) is 4.37. The van der Waals surface area contributed by atoms with E-state index < -0.39 is 0 Å². The summed E-state index contributed by atoms with van der Waals surface area (Å²) in [5, 5.41) is 9.49. The Hall–Kier alpha value is -2.29. The largest absolute Gasteiger partial charge is 0.508 e. The van der Waals surface area contributed by atoms with Crippen LogP contribution in [0.1, 0.15) is 5.56 Å². The van der Waals surface area contributed by atoms with E-state index in [9.17, 15) is 5.11 Å². The molecule has 1 heterocycles. The van der Waals surface area contributed by atoms with Gasteiger partial charge in [-0.1, -0.05) is 12.1 Å². The van der Waals surface area contributed by atoms with E-state index >= 15 is 0 Å². The summed E-state index contributed by atoms with van der Waals surface area (Å²) in [5.74, 6) is 0.261. The van der Waals surface area contributed by atoms with E-state index in [2.05, 4.69) is 17.1 Å². The molecule has 2 aromatic carbocycles. The van der Waals surface area contributed by atoms with Crippen molar-refractivity contribution in [2.75, 3.05) is 0 Å². The fourth-order valence-electron chi connectivity index (χ4n) is 1.97. The molecule has 0 aliphatic heterocycles. The fourth-order valence-corrected chi connectivity index (χ4v) is 1.97. The topological polar surface area (TPSA) is 38.0 Å². The molecule has 0 unspecified atom stereocenters. The second-order valence-corrected chi connectivity index (χ2v) is 4.13. The molecule has 0 saturated heterocycles. The lowest BCUT2D eigenvalue weighted by Gasteiger charge is -2.04. The van der Waals surface area contributed by atoms with Crippen LogP contribution in [-0.4, -0.2) is 14.7 Å². The van der Waals surface area contributed by atoms with Crippen LogP contribution >= 0.6 is 0 Å². The Morgan fingerprint density at radius 2 is 2.00 bits per heavy atom. The Balaban J connectivity index is 2.24. The second-order valence-electron chi connectivity index (χ2n) is 4.13. The summed E-state index contributed by atoms with van der Waals surface area (Å²) >= 11 is 0. The minimum absolute atomic E-state index is 0.261. The summed E-state index contributed by atoms with van der Waals surface area (Å²) < 4.78 is 1.97. The lowest BCUT2D eigenvalue weighted by Crippen LogP contribution is -1.90. The fraction of sp³-hybridized carbons (Fsp3) is 0.0714. The summed E-state index contributed by atoms with van der Waals surface area (Å²) in [6.45, 7) is 2.05. The molecule has 0 radical (unpaired) electrons. The van der Waals surface area contributed by atoms with Crippen molar-refractivity contribution in [1.82, 2.24) is 9.55 Å². The molecule has 3 heteroatoms. The van der Waals surface area contributed by atoms with Gasteiger partial charge in [0.1, 0.15) is 12.1 Å². The molecule has 0 aliphatic rings. The second kappa shape index (κ2) is 3.63. The first-order valence-corrected chi connectivity index (χ1v) is 5.47. The predicted molar refractivity (Wildman–Crippen MR) is 67.5 cm³/mol. The highest BCUT2D eigenvalue weighted by Crippen LogP contribution is 2.21. The van der Waals surface area contributed by atoms with Crippen molar-refractivity contribution >= 4 is 11.0 Å². The van der Waals surface area contributed by atoms with Crippen molar-refractivity contribution in [3.8, 4) is 11.4 Å². The van der Waals surface area contributed by atoms with Crippen LogP contribution in [0.5, 0.6) is 5.75 Å². The van der Waals surface area contributed by atoms with E-state index in [1.807, 2.05) is 29.7 Å². The summed E-state index contributed by atoms with van der Waals surface area (Å²) in [6.07, 6.45) is 1.78.